The molecule has 0 saturated carbocycles. The minimum atomic E-state index is -0.920. The van der Waals surface area contributed by atoms with Crippen molar-refractivity contribution in [2.45, 2.75) is 58.3 Å². The fraction of sp³-hybridized carbons (Fsp3) is 0.579. The van der Waals surface area contributed by atoms with Gasteiger partial charge in [-0.15, -0.1) is 0 Å². The second-order valence-electron chi connectivity index (χ2n) is 8.80. The number of likely N-dealkylation sites (tertiary alicyclic amines) is 1. The number of rotatable bonds is 2. The zero-order valence-corrected chi connectivity index (χ0v) is 19.1. The van der Waals surface area contributed by atoms with Crippen LogP contribution in [0.5, 0.6) is 0 Å². The molecule has 0 aromatic heterocycles. The average Bonchev–Trinajstić information content (AvgIpc) is 2.43. The van der Waals surface area contributed by atoms with Gasteiger partial charge in [-0.25, -0.2) is 9.59 Å². The van der Waals surface area contributed by atoms with Crippen LogP contribution < -0.4 is 5.32 Å². The SMILES string of the molecule is CC(C)(C)OC(=O)NC1(c2cc(Cl)c(Cl)c(Cl)c2)CN(C(=O)OC(C)(C)C)C1. The summed E-state index contributed by atoms with van der Waals surface area (Å²) in [6.07, 6.45) is -1.08. The number of hydrogen-bond acceptors (Lipinski definition) is 4. The molecule has 1 saturated heterocycles. The Morgan fingerprint density at radius 3 is 1.86 bits per heavy atom. The van der Waals surface area contributed by atoms with Crippen LogP contribution in [0.2, 0.25) is 15.1 Å². The Bertz CT molecular complexity index is 755. The van der Waals surface area contributed by atoms with E-state index in [2.05, 4.69) is 5.32 Å². The van der Waals surface area contributed by atoms with Gasteiger partial charge in [0.15, 0.2) is 0 Å². The second-order valence-corrected chi connectivity index (χ2v) is 9.99. The Hall–Kier alpha value is -1.37. The summed E-state index contributed by atoms with van der Waals surface area (Å²) in [4.78, 5) is 26.3. The van der Waals surface area contributed by atoms with Crippen LogP contribution in [0.15, 0.2) is 12.1 Å². The predicted molar refractivity (Wildman–Crippen MR) is 110 cm³/mol. The Morgan fingerprint density at radius 1 is 0.964 bits per heavy atom. The number of carbonyl (C=O) groups excluding carboxylic acids is 2. The topological polar surface area (TPSA) is 67.9 Å². The number of carbonyl (C=O) groups is 2. The minimum Gasteiger partial charge on any atom is -0.444 e. The first-order valence-corrected chi connectivity index (χ1v) is 9.89. The maximum atomic E-state index is 12.4. The first kappa shape index (κ1) is 22.9. The molecule has 1 aliphatic heterocycles. The van der Waals surface area contributed by atoms with Crippen molar-refractivity contribution >= 4 is 47.0 Å². The van der Waals surface area contributed by atoms with Gasteiger partial charge in [0.25, 0.3) is 0 Å². The van der Waals surface area contributed by atoms with Crippen molar-refractivity contribution < 1.29 is 19.1 Å². The highest BCUT2D eigenvalue weighted by Gasteiger charge is 2.50. The number of amides is 2. The molecule has 1 fully saturated rings. The van der Waals surface area contributed by atoms with E-state index in [4.69, 9.17) is 44.3 Å². The van der Waals surface area contributed by atoms with E-state index >= 15 is 0 Å². The molecule has 28 heavy (non-hydrogen) atoms. The van der Waals surface area contributed by atoms with Gasteiger partial charge in [0.2, 0.25) is 0 Å². The summed E-state index contributed by atoms with van der Waals surface area (Å²) in [5.74, 6) is 0. The highest BCUT2D eigenvalue weighted by Crippen LogP contribution is 2.39. The van der Waals surface area contributed by atoms with Crippen LogP contribution in [0.25, 0.3) is 0 Å². The van der Waals surface area contributed by atoms with E-state index in [0.29, 0.717) is 5.56 Å². The molecule has 0 atom stereocenters. The summed E-state index contributed by atoms with van der Waals surface area (Å²) in [5, 5.41) is 3.59. The third kappa shape index (κ3) is 5.58. The minimum absolute atomic E-state index is 0.176. The van der Waals surface area contributed by atoms with E-state index in [1.807, 2.05) is 0 Å². The second kappa shape index (κ2) is 7.81. The molecule has 0 unspecified atom stereocenters. The highest BCUT2D eigenvalue weighted by molar-refractivity contribution is 6.48. The lowest BCUT2D eigenvalue weighted by molar-refractivity contribution is -0.0229. The third-order valence-electron chi connectivity index (χ3n) is 3.85. The van der Waals surface area contributed by atoms with Crippen molar-refractivity contribution in [3.05, 3.63) is 32.8 Å². The van der Waals surface area contributed by atoms with E-state index in [1.165, 1.54) is 4.90 Å². The molecular formula is C19H25Cl3N2O4. The first-order chi connectivity index (χ1) is 12.6. The van der Waals surface area contributed by atoms with Crippen LogP contribution in [0, 0.1) is 0 Å². The van der Waals surface area contributed by atoms with Gasteiger partial charge < -0.3 is 19.7 Å². The van der Waals surface area contributed by atoms with Crippen LogP contribution in [0.1, 0.15) is 47.1 Å². The van der Waals surface area contributed by atoms with Crippen molar-refractivity contribution in [1.82, 2.24) is 10.2 Å². The molecule has 1 aromatic rings. The number of nitrogens with zero attached hydrogens (tertiary/aromatic N) is 1. The Morgan fingerprint density at radius 2 is 1.43 bits per heavy atom. The first-order valence-electron chi connectivity index (χ1n) is 8.76. The molecule has 156 valence electrons. The van der Waals surface area contributed by atoms with Gasteiger partial charge in [-0.2, -0.15) is 0 Å². The molecule has 1 heterocycles. The quantitative estimate of drug-likeness (QED) is 0.593. The molecule has 1 aliphatic rings. The molecule has 0 spiro atoms. The summed E-state index contributed by atoms with van der Waals surface area (Å²) in [6.45, 7) is 11.0. The molecule has 2 rings (SSSR count). The number of hydrogen-bond donors (Lipinski definition) is 1. The zero-order valence-electron chi connectivity index (χ0n) is 16.8. The summed E-state index contributed by atoms with van der Waals surface area (Å²) in [5.41, 5.74) is -1.59. The average molecular weight is 452 g/mol. The summed E-state index contributed by atoms with van der Waals surface area (Å²) in [7, 11) is 0. The van der Waals surface area contributed by atoms with Crippen molar-refractivity contribution in [3.63, 3.8) is 0 Å². The van der Waals surface area contributed by atoms with E-state index in [9.17, 15) is 9.59 Å². The Labute approximate surface area is 180 Å². The molecule has 1 aromatic carbocycles. The number of benzene rings is 1. The molecule has 9 heteroatoms. The number of alkyl carbamates (subject to hydrolysis) is 1. The fourth-order valence-electron chi connectivity index (χ4n) is 2.73. The lowest BCUT2D eigenvalue weighted by atomic mass is 9.82. The van der Waals surface area contributed by atoms with Gasteiger partial charge in [0, 0.05) is 0 Å². The van der Waals surface area contributed by atoms with Crippen molar-refractivity contribution in [3.8, 4) is 0 Å². The normalized spacial score (nSPS) is 16.2. The van der Waals surface area contributed by atoms with Crippen LogP contribution in [0.3, 0.4) is 0 Å². The lowest BCUT2D eigenvalue weighted by Crippen LogP contribution is -2.69. The molecule has 0 radical (unpaired) electrons. The largest absolute Gasteiger partial charge is 0.444 e. The molecular weight excluding hydrogens is 427 g/mol. The summed E-state index contributed by atoms with van der Waals surface area (Å²) in [6, 6.07) is 3.25. The lowest BCUT2D eigenvalue weighted by Gasteiger charge is -2.50. The number of halogens is 3. The molecule has 2 amide bonds. The zero-order chi connectivity index (χ0) is 21.5. The summed E-state index contributed by atoms with van der Waals surface area (Å²) < 4.78 is 10.8. The van der Waals surface area contributed by atoms with Crippen LogP contribution >= 0.6 is 34.8 Å². The van der Waals surface area contributed by atoms with Crippen LogP contribution in [0.4, 0.5) is 9.59 Å². The van der Waals surface area contributed by atoms with Gasteiger partial charge in [0.05, 0.1) is 28.2 Å². The number of nitrogens with one attached hydrogen (secondary N) is 1. The number of ether oxygens (including phenoxy) is 2. The van der Waals surface area contributed by atoms with Gasteiger partial charge in [-0.1, -0.05) is 34.8 Å². The van der Waals surface area contributed by atoms with Crippen LogP contribution in [-0.2, 0) is 15.0 Å². The summed E-state index contributed by atoms with van der Waals surface area (Å²) >= 11 is 18.4. The predicted octanol–water partition coefficient (Wildman–Crippen LogP) is 5.62. The van der Waals surface area contributed by atoms with E-state index in [-0.39, 0.29) is 28.2 Å². The van der Waals surface area contributed by atoms with Crippen molar-refractivity contribution in [2.24, 2.45) is 0 Å². The van der Waals surface area contributed by atoms with Gasteiger partial charge in [0.1, 0.15) is 16.7 Å². The van der Waals surface area contributed by atoms with E-state index in [1.54, 1.807) is 53.7 Å². The van der Waals surface area contributed by atoms with Crippen molar-refractivity contribution in [2.75, 3.05) is 13.1 Å². The van der Waals surface area contributed by atoms with Gasteiger partial charge in [-0.3, -0.25) is 0 Å². The van der Waals surface area contributed by atoms with Gasteiger partial charge in [-0.05, 0) is 59.2 Å². The molecule has 0 aliphatic carbocycles. The smallest absolute Gasteiger partial charge is 0.410 e. The third-order valence-corrected chi connectivity index (χ3v) is 5.05. The Kier molecular flexibility index (Phi) is 6.39. The maximum absolute atomic E-state index is 12.4. The Balaban J connectivity index is 2.29. The highest BCUT2D eigenvalue weighted by atomic mass is 35.5. The van der Waals surface area contributed by atoms with Crippen molar-refractivity contribution in [1.29, 1.82) is 0 Å². The van der Waals surface area contributed by atoms with Gasteiger partial charge >= 0.3 is 12.2 Å². The standard InChI is InChI=1S/C19H25Cl3N2O4/c1-17(2,3)27-15(25)23-19(11-7-12(20)14(22)13(21)8-11)9-24(10-19)16(26)28-18(4,5)6/h7-8H,9-10H2,1-6H3,(H,23,25). The molecule has 6 nitrogen and oxygen atoms in total. The molecule has 1 N–H and O–H groups in total. The van der Waals surface area contributed by atoms with E-state index < -0.39 is 28.9 Å². The van der Waals surface area contributed by atoms with E-state index in [0.717, 1.165) is 0 Å². The monoisotopic (exact) mass is 450 g/mol. The fourth-order valence-corrected chi connectivity index (χ4v) is 3.32. The van der Waals surface area contributed by atoms with Crippen LogP contribution in [-0.4, -0.2) is 41.4 Å². The maximum Gasteiger partial charge on any atom is 0.410 e. The molecule has 0 bridgehead atoms.